The van der Waals surface area contributed by atoms with E-state index in [9.17, 15) is 0 Å². The molecule has 2 atom stereocenters. The zero-order chi connectivity index (χ0) is 14.5. The van der Waals surface area contributed by atoms with Crippen LogP contribution >= 0.6 is 0 Å². The van der Waals surface area contributed by atoms with Crippen molar-refractivity contribution in [3.05, 3.63) is 11.7 Å². The van der Waals surface area contributed by atoms with Gasteiger partial charge in [-0.05, 0) is 27.6 Å². The molecule has 0 radical (unpaired) electrons. The highest BCUT2D eigenvalue weighted by Crippen LogP contribution is 2.11. The van der Waals surface area contributed by atoms with Gasteiger partial charge in [0, 0.05) is 44.6 Å². The van der Waals surface area contributed by atoms with Crippen molar-refractivity contribution in [1.82, 2.24) is 25.3 Å². The molecule has 1 saturated heterocycles. The van der Waals surface area contributed by atoms with Crippen molar-refractivity contribution in [2.45, 2.75) is 38.8 Å². The van der Waals surface area contributed by atoms with E-state index in [2.05, 4.69) is 53.2 Å². The first-order chi connectivity index (χ1) is 9.58. The smallest absolute Gasteiger partial charge is 0.228 e. The van der Waals surface area contributed by atoms with Crippen LogP contribution in [-0.2, 0) is 12.8 Å². The van der Waals surface area contributed by atoms with Crippen molar-refractivity contribution in [2.75, 3.05) is 40.3 Å². The summed E-state index contributed by atoms with van der Waals surface area (Å²) in [4.78, 5) is 9.27. The van der Waals surface area contributed by atoms with Crippen LogP contribution in [0.1, 0.15) is 25.6 Å². The average Bonchev–Trinajstić information content (AvgIpc) is 2.81. The van der Waals surface area contributed by atoms with Gasteiger partial charge in [0.15, 0.2) is 5.82 Å². The third-order valence-electron chi connectivity index (χ3n) is 3.94. The van der Waals surface area contributed by atoms with Gasteiger partial charge in [0.1, 0.15) is 0 Å². The minimum atomic E-state index is 0.372. The van der Waals surface area contributed by atoms with Gasteiger partial charge in [-0.25, -0.2) is 0 Å². The van der Waals surface area contributed by atoms with Crippen LogP contribution in [0.3, 0.4) is 0 Å². The van der Waals surface area contributed by atoms with Gasteiger partial charge >= 0.3 is 0 Å². The molecule has 1 aromatic rings. The van der Waals surface area contributed by atoms with Crippen LogP contribution in [0, 0.1) is 0 Å². The van der Waals surface area contributed by atoms with Gasteiger partial charge in [0.25, 0.3) is 0 Å². The number of aromatic nitrogens is 2. The van der Waals surface area contributed by atoms with Gasteiger partial charge in [-0.3, -0.25) is 0 Å². The van der Waals surface area contributed by atoms with E-state index in [4.69, 9.17) is 4.52 Å². The summed E-state index contributed by atoms with van der Waals surface area (Å²) in [5, 5.41) is 7.48. The van der Waals surface area contributed by atoms with E-state index < -0.39 is 0 Å². The van der Waals surface area contributed by atoms with E-state index in [0.29, 0.717) is 12.1 Å². The Morgan fingerprint density at radius 1 is 1.40 bits per heavy atom. The van der Waals surface area contributed by atoms with E-state index in [-0.39, 0.29) is 0 Å². The number of nitrogens with one attached hydrogen (secondary N) is 1. The Morgan fingerprint density at radius 3 is 2.95 bits per heavy atom. The van der Waals surface area contributed by atoms with Crippen molar-refractivity contribution >= 4 is 0 Å². The highest BCUT2D eigenvalue weighted by Gasteiger charge is 2.24. The Morgan fingerprint density at radius 2 is 2.20 bits per heavy atom. The zero-order valence-electron chi connectivity index (χ0n) is 13.1. The number of hydrogen-bond acceptors (Lipinski definition) is 6. The number of piperazine rings is 1. The molecule has 6 nitrogen and oxygen atoms in total. The lowest BCUT2D eigenvalue weighted by Crippen LogP contribution is -2.50. The maximum Gasteiger partial charge on any atom is 0.228 e. The molecule has 6 heteroatoms. The Hall–Kier alpha value is -0.980. The molecule has 114 valence electrons. The van der Waals surface area contributed by atoms with Crippen LogP contribution in [0.2, 0.25) is 0 Å². The fourth-order valence-electron chi connectivity index (χ4n) is 2.67. The molecule has 1 aliphatic heterocycles. The van der Waals surface area contributed by atoms with Crippen molar-refractivity contribution in [1.29, 1.82) is 0 Å². The highest BCUT2D eigenvalue weighted by molar-refractivity contribution is 4.94. The molecular weight excluding hydrogens is 254 g/mol. The van der Waals surface area contributed by atoms with Crippen LogP contribution in [0.5, 0.6) is 0 Å². The molecule has 0 spiro atoms. The quantitative estimate of drug-likeness (QED) is 0.814. The standard InChI is InChI=1S/C14H27N5O/c1-5-15-11(2)8-14-16-13(17-20-14)9-12-10-18(3)6-7-19(12)4/h11-12,15H,5-10H2,1-4H3. The maximum absolute atomic E-state index is 5.35. The van der Waals surface area contributed by atoms with Crippen molar-refractivity contribution in [3.63, 3.8) is 0 Å². The normalized spacial score (nSPS) is 23.1. The van der Waals surface area contributed by atoms with Gasteiger partial charge in [-0.15, -0.1) is 0 Å². The molecule has 0 saturated carbocycles. The first-order valence-electron chi connectivity index (χ1n) is 7.52. The Bertz CT molecular complexity index is 408. The molecular formula is C14H27N5O. The van der Waals surface area contributed by atoms with Crippen LogP contribution in [0.4, 0.5) is 0 Å². The fraction of sp³-hybridized carbons (Fsp3) is 0.857. The van der Waals surface area contributed by atoms with Gasteiger partial charge in [-0.1, -0.05) is 12.1 Å². The molecule has 1 N–H and O–H groups in total. The minimum Gasteiger partial charge on any atom is -0.339 e. The van der Waals surface area contributed by atoms with Crippen LogP contribution in [0.15, 0.2) is 4.52 Å². The lowest BCUT2D eigenvalue weighted by Gasteiger charge is -2.37. The summed E-state index contributed by atoms with van der Waals surface area (Å²) in [6.07, 6.45) is 1.65. The van der Waals surface area contributed by atoms with Gasteiger partial charge in [-0.2, -0.15) is 4.98 Å². The van der Waals surface area contributed by atoms with Crippen molar-refractivity contribution < 1.29 is 4.52 Å². The second kappa shape index (κ2) is 7.15. The topological polar surface area (TPSA) is 57.4 Å². The third-order valence-corrected chi connectivity index (χ3v) is 3.94. The van der Waals surface area contributed by atoms with Crippen molar-refractivity contribution in [2.24, 2.45) is 0 Å². The molecule has 0 aromatic carbocycles. The predicted molar refractivity (Wildman–Crippen MR) is 78.8 cm³/mol. The highest BCUT2D eigenvalue weighted by atomic mass is 16.5. The largest absolute Gasteiger partial charge is 0.339 e. The molecule has 2 rings (SSSR count). The van der Waals surface area contributed by atoms with E-state index in [1.807, 2.05) is 0 Å². The second-order valence-corrected chi connectivity index (χ2v) is 5.87. The van der Waals surface area contributed by atoms with Crippen LogP contribution < -0.4 is 5.32 Å². The van der Waals surface area contributed by atoms with Crippen LogP contribution in [-0.4, -0.2) is 72.3 Å². The third kappa shape index (κ3) is 4.26. The average molecular weight is 281 g/mol. The molecule has 1 aliphatic rings. The summed E-state index contributed by atoms with van der Waals surface area (Å²) < 4.78 is 5.35. The summed E-state index contributed by atoms with van der Waals surface area (Å²) >= 11 is 0. The van der Waals surface area contributed by atoms with E-state index >= 15 is 0 Å². The SMILES string of the molecule is CCNC(C)Cc1nc(CC2CN(C)CCN2C)no1. The molecule has 0 aliphatic carbocycles. The van der Waals surface area contributed by atoms with Gasteiger partial charge in [0.2, 0.25) is 5.89 Å². The zero-order valence-corrected chi connectivity index (χ0v) is 13.1. The van der Waals surface area contributed by atoms with Crippen molar-refractivity contribution in [3.8, 4) is 0 Å². The van der Waals surface area contributed by atoms with E-state index in [0.717, 1.165) is 50.7 Å². The first kappa shape index (κ1) is 15.4. The fourth-order valence-corrected chi connectivity index (χ4v) is 2.67. The summed E-state index contributed by atoms with van der Waals surface area (Å²) in [6, 6.07) is 0.849. The van der Waals surface area contributed by atoms with E-state index in [1.54, 1.807) is 0 Å². The number of likely N-dealkylation sites (N-methyl/N-ethyl adjacent to an activating group) is 3. The molecule has 2 heterocycles. The maximum atomic E-state index is 5.35. The lowest BCUT2D eigenvalue weighted by molar-refractivity contribution is 0.113. The van der Waals surface area contributed by atoms with E-state index in [1.165, 1.54) is 0 Å². The molecule has 1 fully saturated rings. The Labute approximate surface area is 121 Å². The molecule has 0 amide bonds. The van der Waals surface area contributed by atoms with Gasteiger partial charge < -0.3 is 19.6 Å². The molecule has 2 unspecified atom stereocenters. The Kier molecular flexibility index (Phi) is 5.51. The predicted octanol–water partition coefficient (Wildman–Crippen LogP) is 0.398. The van der Waals surface area contributed by atoms with Gasteiger partial charge in [0.05, 0.1) is 0 Å². The lowest BCUT2D eigenvalue weighted by atomic mass is 10.1. The molecule has 0 bridgehead atoms. The first-order valence-corrected chi connectivity index (χ1v) is 7.52. The number of hydrogen-bond donors (Lipinski definition) is 1. The minimum absolute atomic E-state index is 0.372. The summed E-state index contributed by atoms with van der Waals surface area (Å²) in [5.74, 6) is 1.57. The summed E-state index contributed by atoms with van der Waals surface area (Å²) in [7, 11) is 4.34. The molecule has 1 aromatic heterocycles. The number of nitrogens with zero attached hydrogens (tertiary/aromatic N) is 4. The molecule has 20 heavy (non-hydrogen) atoms. The monoisotopic (exact) mass is 281 g/mol. The Balaban J connectivity index is 1.88. The summed E-state index contributed by atoms with van der Waals surface area (Å²) in [5.41, 5.74) is 0. The van der Waals surface area contributed by atoms with Crippen LogP contribution in [0.25, 0.3) is 0 Å². The summed E-state index contributed by atoms with van der Waals surface area (Å²) in [6.45, 7) is 8.49. The second-order valence-electron chi connectivity index (χ2n) is 5.87. The number of rotatable bonds is 6.